The van der Waals surface area contributed by atoms with Crippen molar-refractivity contribution in [3.63, 3.8) is 0 Å². The number of piperazine rings is 1. The monoisotopic (exact) mass is 390 g/mol. The van der Waals surface area contributed by atoms with Crippen LogP contribution in [0.5, 0.6) is 0 Å². The van der Waals surface area contributed by atoms with Gasteiger partial charge in [-0.1, -0.05) is 48.5 Å². The number of nitrogens with zero attached hydrogens (tertiary/aromatic N) is 2. The van der Waals surface area contributed by atoms with Gasteiger partial charge in [0, 0.05) is 20.8 Å². The molecule has 0 aromatic heterocycles. The topological polar surface area (TPSA) is 59.1 Å². The lowest BCUT2D eigenvalue weighted by Crippen LogP contribution is -2.66. The van der Waals surface area contributed by atoms with Gasteiger partial charge in [0.2, 0.25) is 10.0 Å². The number of methoxy groups -OCH3 is 2. The number of ether oxygens (including phenoxy) is 2. The van der Waals surface area contributed by atoms with Crippen molar-refractivity contribution in [3.05, 3.63) is 66.2 Å². The van der Waals surface area contributed by atoms with Gasteiger partial charge >= 0.3 is 0 Å². The molecule has 1 fully saturated rings. The van der Waals surface area contributed by atoms with Crippen molar-refractivity contribution < 1.29 is 17.9 Å². The van der Waals surface area contributed by atoms with Crippen LogP contribution in [0.1, 0.15) is 12.5 Å². The SMILES string of the molecule is COC1CN(S(=O)(=O)c2ccccc2)CC(C)(OC)N1Cc1ccccc1. The van der Waals surface area contributed by atoms with E-state index in [4.69, 9.17) is 9.47 Å². The van der Waals surface area contributed by atoms with Crippen LogP contribution in [-0.4, -0.2) is 56.9 Å². The molecule has 0 bridgehead atoms. The molecule has 0 radical (unpaired) electrons. The van der Waals surface area contributed by atoms with Crippen molar-refractivity contribution in [1.29, 1.82) is 0 Å². The van der Waals surface area contributed by atoms with E-state index in [1.54, 1.807) is 44.6 Å². The molecule has 1 saturated heterocycles. The van der Waals surface area contributed by atoms with E-state index in [1.807, 2.05) is 37.3 Å². The highest BCUT2D eigenvalue weighted by atomic mass is 32.2. The molecular formula is C20H26N2O4S. The zero-order valence-electron chi connectivity index (χ0n) is 15.9. The lowest BCUT2D eigenvalue weighted by molar-refractivity contribution is -0.226. The molecule has 1 aliphatic heterocycles. The number of hydrogen-bond donors (Lipinski definition) is 0. The second-order valence-electron chi connectivity index (χ2n) is 6.79. The van der Waals surface area contributed by atoms with Crippen LogP contribution in [0.2, 0.25) is 0 Å². The minimum absolute atomic E-state index is 0.216. The van der Waals surface area contributed by atoms with Gasteiger partial charge in [-0.25, -0.2) is 13.3 Å². The van der Waals surface area contributed by atoms with Gasteiger partial charge in [-0.05, 0) is 24.6 Å². The van der Waals surface area contributed by atoms with E-state index >= 15 is 0 Å². The maximum atomic E-state index is 13.1. The van der Waals surface area contributed by atoms with Crippen LogP contribution in [0, 0.1) is 0 Å². The summed E-state index contributed by atoms with van der Waals surface area (Å²) >= 11 is 0. The molecule has 3 rings (SSSR count). The number of hydrogen-bond acceptors (Lipinski definition) is 5. The largest absolute Gasteiger partial charge is 0.365 e. The normalized spacial score (nSPS) is 24.8. The Morgan fingerprint density at radius 1 is 1.04 bits per heavy atom. The molecule has 1 aliphatic rings. The van der Waals surface area contributed by atoms with Gasteiger partial charge in [0.15, 0.2) is 0 Å². The van der Waals surface area contributed by atoms with Gasteiger partial charge in [0.05, 0.1) is 18.0 Å². The molecule has 2 atom stereocenters. The summed E-state index contributed by atoms with van der Waals surface area (Å²) in [7, 11) is -0.441. The van der Waals surface area contributed by atoms with Gasteiger partial charge in [-0.15, -0.1) is 0 Å². The van der Waals surface area contributed by atoms with E-state index in [2.05, 4.69) is 4.90 Å². The average molecular weight is 391 g/mol. The van der Waals surface area contributed by atoms with Crippen LogP contribution in [0.15, 0.2) is 65.6 Å². The van der Waals surface area contributed by atoms with Crippen LogP contribution in [0.4, 0.5) is 0 Å². The van der Waals surface area contributed by atoms with Gasteiger partial charge in [0.25, 0.3) is 0 Å². The Kier molecular flexibility index (Phi) is 5.98. The van der Waals surface area contributed by atoms with E-state index in [1.165, 1.54) is 4.31 Å². The molecular weight excluding hydrogens is 364 g/mol. The predicted octanol–water partition coefficient (Wildman–Crippen LogP) is 2.53. The van der Waals surface area contributed by atoms with Crippen LogP contribution < -0.4 is 0 Å². The highest BCUT2D eigenvalue weighted by molar-refractivity contribution is 7.89. The molecule has 2 aromatic rings. The van der Waals surface area contributed by atoms with Crippen molar-refractivity contribution >= 4 is 10.0 Å². The number of benzene rings is 2. The summed E-state index contributed by atoms with van der Waals surface area (Å²) in [6.07, 6.45) is -0.428. The Bertz CT molecular complexity index is 845. The Hall–Kier alpha value is -1.77. The first-order valence-electron chi connectivity index (χ1n) is 8.84. The van der Waals surface area contributed by atoms with E-state index in [-0.39, 0.29) is 18.0 Å². The fourth-order valence-corrected chi connectivity index (χ4v) is 4.95. The second kappa shape index (κ2) is 8.08. The third kappa shape index (κ3) is 4.07. The maximum Gasteiger partial charge on any atom is 0.243 e. The van der Waals surface area contributed by atoms with Gasteiger partial charge in [-0.2, -0.15) is 4.31 Å². The summed E-state index contributed by atoms with van der Waals surface area (Å²) in [5.74, 6) is 0. The van der Waals surface area contributed by atoms with Crippen molar-refractivity contribution in [2.75, 3.05) is 27.3 Å². The van der Waals surface area contributed by atoms with Crippen LogP contribution >= 0.6 is 0 Å². The fourth-order valence-electron chi connectivity index (χ4n) is 3.42. The van der Waals surface area contributed by atoms with E-state index in [0.717, 1.165) is 5.56 Å². The van der Waals surface area contributed by atoms with Crippen molar-refractivity contribution in [2.45, 2.75) is 30.3 Å². The van der Waals surface area contributed by atoms with Crippen LogP contribution in [0.3, 0.4) is 0 Å². The summed E-state index contributed by atoms with van der Waals surface area (Å²) < 4.78 is 39.1. The summed E-state index contributed by atoms with van der Waals surface area (Å²) in [4.78, 5) is 2.34. The summed E-state index contributed by atoms with van der Waals surface area (Å²) in [6.45, 7) is 2.95. The molecule has 0 spiro atoms. The lowest BCUT2D eigenvalue weighted by Gasteiger charge is -2.50. The molecule has 2 unspecified atom stereocenters. The Balaban J connectivity index is 1.91. The minimum atomic E-state index is -3.64. The maximum absolute atomic E-state index is 13.1. The molecule has 7 heteroatoms. The van der Waals surface area contributed by atoms with Gasteiger partial charge in [0.1, 0.15) is 12.0 Å². The standard InChI is InChI=1S/C20H26N2O4S/c1-20(26-3)16-21(27(23,24)18-12-8-5-9-13-18)15-19(25-2)22(20)14-17-10-6-4-7-11-17/h4-13,19H,14-16H2,1-3H3. The number of sulfonamides is 1. The molecule has 0 amide bonds. The predicted molar refractivity (Wildman–Crippen MR) is 103 cm³/mol. The molecule has 0 saturated carbocycles. The molecule has 6 nitrogen and oxygen atoms in total. The molecule has 0 aliphatic carbocycles. The first-order chi connectivity index (χ1) is 12.9. The van der Waals surface area contributed by atoms with E-state index in [0.29, 0.717) is 6.54 Å². The van der Waals surface area contributed by atoms with Crippen molar-refractivity contribution in [3.8, 4) is 0 Å². The quantitative estimate of drug-likeness (QED) is 0.759. The zero-order valence-corrected chi connectivity index (χ0v) is 16.7. The van der Waals surface area contributed by atoms with Crippen LogP contribution in [-0.2, 0) is 26.0 Å². The molecule has 0 N–H and O–H groups in total. The van der Waals surface area contributed by atoms with Crippen molar-refractivity contribution in [1.82, 2.24) is 9.21 Å². The van der Waals surface area contributed by atoms with Gasteiger partial charge < -0.3 is 9.47 Å². The van der Waals surface area contributed by atoms with Gasteiger partial charge in [-0.3, -0.25) is 0 Å². The first-order valence-corrected chi connectivity index (χ1v) is 10.3. The molecule has 27 heavy (non-hydrogen) atoms. The Morgan fingerprint density at radius 2 is 1.63 bits per heavy atom. The smallest absolute Gasteiger partial charge is 0.243 e. The molecule has 146 valence electrons. The molecule has 1 heterocycles. The Labute approximate surface area is 161 Å². The lowest BCUT2D eigenvalue weighted by atomic mass is 10.1. The summed E-state index contributed by atoms with van der Waals surface area (Å²) in [5, 5.41) is 0. The van der Waals surface area contributed by atoms with Crippen LogP contribution in [0.25, 0.3) is 0 Å². The fraction of sp³-hybridized carbons (Fsp3) is 0.400. The zero-order chi connectivity index (χ0) is 19.5. The summed E-state index contributed by atoms with van der Waals surface area (Å²) in [6, 6.07) is 18.5. The third-order valence-corrected chi connectivity index (χ3v) is 6.90. The molecule has 2 aromatic carbocycles. The second-order valence-corrected chi connectivity index (χ2v) is 8.73. The first kappa shape index (κ1) is 20.0. The van der Waals surface area contributed by atoms with E-state index < -0.39 is 22.0 Å². The Morgan fingerprint density at radius 3 is 2.19 bits per heavy atom. The highest BCUT2D eigenvalue weighted by Crippen LogP contribution is 2.32. The van der Waals surface area contributed by atoms with E-state index in [9.17, 15) is 8.42 Å². The minimum Gasteiger partial charge on any atom is -0.365 e. The highest BCUT2D eigenvalue weighted by Gasteiger charge is 2.47. The third-order valence-electron chi connectivity index (χ3n) is 5.07. The number of rotatable bonds is 6. The average Bonchev–Trinajstić information content (AvgIpc) is 2.70. The summed E-state index contributed by atoms with van der Waals surface area (Å²) in [5.41, 5.74) is 0.290. The van der Waals surface area contributed by atoms with Crippen molar-refractivity contribution in [2.24, 2.45) is 0 Å².